The summed E-state index contributed by atoms with van der Waals surface area (Å²) < 4.78 is 37.3. The summed E-state index contributed by atoms with van der Waals surface area (Å²) >= 11 is 0. The zero-order valence-electron chi connectivity index (χ0n) is 8.16. The van der Waals surface area contributed by atoms with Gasteiger partial charge >= 0.3 is 12.3 Å². The van der Waals surface area contributed by atoms with Gasteiger partial charge in [-0.25, -0.2) is 4.79 Å². The van der Waals surface area contributed by atoms with E-state index in [1.165, 1.54) is 17.4 Å². The van der Waals surface area contributed by atoms with Crippen LogP contribution in [-0.2, 0) is 6.42 Å². The fourth-order valence-corrected chi connectivity index (χ4v) is 1.25. The van der Waals surface area contributed by atoms with Crippen molar-refractivity contribution in [2.45, 2.75) is 18.6 Å². The van der Waals surface area contributed by atoms with Crippen LogP contribution in [0, 0.1) is 0 Å². The smallest absolute Gasteiger partial charge is 0.409 e. The van der Waals surface area contributed by atoms with Crippen LogP contribution in [0.4, 0.5) is 18.0 Å². The van der Waals surface area contributed by atoms with Gasteiger partial charge in [-0.15, -0.1) is 0 Å². The minimum Gasteiger partial charge on any atom is -0.465 e. The first-order valence-electron chi connectivity index (χ1n) is 4.49. The lowest BCUT2D eigenvalue weighted by atomic mass is 10.1. The molecule has 0 aromatic heterocycles. The lowest BCUT2D eigenvalue weighted by Crippen LogP contribution is -2.46. The molecule has 0 bridgehead atoms. The standard InChI is InChI=1S/C10H10F3NO2/c11-10(12,13)8(14-9(15)16)6-7-4-2-1-3-5-7/h1-5,8,14H,6H2,(H,15,16). The van der Waals surface area contributed by atoms with Crippen molar-refractivity contribution >= 4 is 6.09 Å². The van der Waals surface area contributed by atoms with E-state index in [0.29, 0.717) is 5.56 Å². The summed E-state index contributed by atoms with van der Waals surface area (Å²) in [6.45, 7) is 0. The van der Waals surface area contributed by atoms with Crippen LogP contribution in [0.1, 0.15) is 5.56 Å². The molecule has 1 aromatic rings. The number of carbonyl (C=O) groups is 1. The number of carboxylic acid groups (broad SMARTS) is 1. The van der Waals surface area contributed by atoms with Crippen LogP contribution in [0.5, 0.6) is 0 Å². The van der Waals surface area contributed by atoms with Crippen molar-refractivity contribution in [1.29, 1.82) is 0 Å². The molecule has 0 aliphatic heterocycles. The van der Waals surface area contributed by atoms with Crippen LogP contribution >= 0.6 is 0 Å². The monoisotopic (exact) mass is 233 g/mol. The maximum absolute atomic E-state index is 12.4. The minimum absolute atomic E-state index is 0.406. The second-order valence-electron chi connectivity index (χ2n) is 3.23. The van der Waals surface area contributed by atoms with Gasteiger partial charge in [0.15, 0.2) is 0 Å². The third kappa shape index (κ3) is 3.80. The Labute approximate surface area is 89.9 Å². The number of rotatable bonds is 3. The second-order valence-corrected chi connectivity index (χ2v) is 3.23. The highest BCUT2D eigenvalue weighted by molar-refractivity contribution is 5.65. The average Bonchev–Trinajstić information content (AvgIpc) is 2.16. The molecule has 2 N–H and O–H groups in total. The summed E-state index contributed by atoms with van der Waals surface area (Å²) in [5.41, 5.74) is 0.429. The molecule has 3 nitrogen and oxygen atoms in total. The molecular formula is C10H10F3NO2. The fourth-order valence-electron chi connectivity index (χ4n) is 1.25. The first kappa shape index (κ1) is 12.4. The van der Waals surface area contributed by atoms with E-state index < -0.39 is 24.7 Å². The van der Waals surface area contributed by atoms with Gasteiger partial charge in [0.2, 0.25) is 0 Å². The summed E-state index contributed by atoms with van der Waals surface area (Å²) in [5, 5.41) is 9.77. The van der Waals surface area contributed by atoms with Crippen molar-refractivity contribution < 1.29 is 23.1 Å². The van der Waals surface area contributed by atoms with Gasteiger partial charge in [-0.3, -0.25) is 0 Å². The van der Waals surface area contributed by atoms with Gasteiger partial charge in [0.25, 0.3) is 0 Å². The molecule has 1 aromatic carbocycles. The summed E-state index contributed by atoms with van der Waals surface area (Å²) in [6, 6.07) is 5.83. The van der Waals surface area contributed by atoms with E-state index in [4.69, 9.17) is 5.11 Å². The molecular weight excluding hydrogens is 223 g/mol. The Kier molecular flexibility index (Phi) is 3.76. The Hall–Kier alpha value is -1.72. The lowest BCUT2D eigenvalue weighted by molar-refractivity contribution is -0.153. The lowest BCUT2D eigenvalue weighted by Gasteiger charge is -2.19. The molecule has 0 aliphatic rings. The first-order chi connectivity index (χ1) is 7.39. The zero-order valence-corrected chi connectivity index (χ0v) is 8.16. The Balaban J connectivity index is 2.75. The average molecular weight is 233 g/mol. The van der Waals surface area contributed by atoms with Crippen molar-refractivity contribution in [1.82, 2.24) is 5.32 Å². The molecule has 0 heterocycles. The van der Waals surface area contributed by atoms with Crippen molar-refractivity contribution in [2.75, 3.05) is 0 Å². The number of hydrogen-bond donors (Lipinski definition) is 2. The summed E-state index contributed by atoms with van der Waals surface area (Å²) in [4.78, 5) is 10.2. The molecule has 0 spiro atoms. The van der Waals surface area contributed by atoms with E-state index in [1.807, 2.05) is 0 Å². The van der Waals surface area contributed by atoms with Crippen molar-refractivity contribution in [2.24, 2.45) is 0 Å². The highest BCUT2D eigenvalue weighted by Gasteiger charge is 2.40. The van der Waals surface area contributed by atoms with Gasteiger partial charge in [0, 0.05) is 6.42 Å². The predicted molar refractivity (Wildman–Crippen MR) is 51.1 cm³/mol. The van der Waals surface area contributed by atoms with Gasteiger partial charge in [-0.2, -0.15) is 13.2 Å². The minimum atomic E-state index is -4.59. The molecule has 1 amide bonds. The third-order valence-corrected chi connectivity index (χ3v) is 1.98. The highest BCUT2D eigenvalue weighted by atomic mass is 19.4. The molecule has 0 saturated heterocycles. The van der Waals surface area contributed by atoms with Crippen LogP contribution in [0.2, 0.25) is 0 Å². The summed E-state index contributed by atoms with van der Waals surface area (Å²) in [5.74, 6) is 0. The predicted octanol–water partition coefficient (Wildman–Crippen LogP) is 2.43. The number of hydrogen-bond acceptors (Lipinski definition) is 1. The Morgan fingerprint density at radius 1 is 1.31 bits per heavy atom. The van der Waals surface area contributed by atoms with E-state index in [1.54, 1.807) is 18.2 Å². The first-order valence-corrected chi connectivity index (χ1v) is 4.49. The van der Waals surface area contributed by atoms with Crippen LogP contribution < -0.4 is 5.32 Å². The SMILES string of the molecule is O=C(O)NC(Cc1ccccc1)C(F)(F)F. The van der Waals surface area contributed by atoms with Crippen LogP contribution in [-0.4, -0.2) is 23.4 Å². The number of amides is 1. The molecule has 1 atom stereocenters. The molecule has 16 heavy (non-hydrogen) atoms. The molecule has 1 rings (SSSR count). The van der Waals surface area contributed by atoms with Crippen LogP contribution in [0.3, 0.4) is 0 Å². The third-order valence-electron chi connectivity index (χ3n) is 1.98. The maximum atomic E-state index is 12.4. The summed E-state index contributed by atoms with van der Waals surface area (Å²) in [7, 11) is 0. The molecule has 1 unspecified atom stereocenters. The quantitative estimate of drug-likeness (QED) is 0.842. The number of alkyl halides is 3. The highest BCUT2D eigenvalue weighted by Crippen LogP contribution is 2.23. The number of nitrogens with one attached hydrogen (secondary N) is 1. The molecule has 6 heteroatoms. The molecule has 0 fully saturated rings. The zero-order chi connectivity index (χ0) is 12.2. The summed E-state index contributed by atoms with van der Waals surface area (Å²) in [6.07, 6.45) is -6.68. The Bertz CT molecular complexity index is 351. The van der Waals surface area contributed by atoms with Gasteiger partial charge < -0.3 is 10.4 Å². The van der Waals surface area contributed by atoms with Crippen LogP contribution in [0.15, 0.2) is 30.3 Å². The van der Waals surface area contributed by atoms with Crippen molar-refractivity contribution in [3.05, 3.63) is 35.9 Å². The van der Waals surface area contributed by atoms with E-state index in [-0.39, 0.29) is 0 Å². The maximum Gasteiger partial charge on any atom is 0.409 e. The number of halogens is 3. The molecule has 0 aliphatic carbocycles. The Morgan fingerprint density at radius 3 is 2.31 bits per heavy atom. The normalized spacial score (nSPS) is 13.2. The molecule has 0 radical (unpaired) electrons. The van der Waals surface area contributed by atoms with Gasteiger partial charge in [-0.1, -0.05) is 30.3 Å². The van der Waals surface area contributed by atoms with E-state index in [9.17, 15) is 18.0 Å². The fraction of sp³-hybridized carbons (Fsp3) is 0.300. The van der Waals surface area contributed by atoms with Gasteiger partial charge in [0.1, 0.15) is 6.04 Å². The van der Waals surface area contributed by atoms with E-state index >= 15 is 0 Å². The van der Waals surface area contributed by atoms with E-state index in [2.05, 4.69) is 0 Å². The van der Waals surface area contributed by atoms with Crippen molar-refractivity contribution in [3.63, 3.8) is 0 Å². The van der Waals surface area contributed by atoms with Gasteiger partial charge in [0.05, 0.1) is 0 Å². The number of benzene rings is 1. The molecule has 0 saturated carbocycles. The topological polar surface area (TPSA) is 49.3 Å². The van der Waals surface area contributed by atoms with Gasteiger partial charge in [-0.05, 0) is 5.56 Å². The van der Waals surface area contributed by atoms with E-state index in [0.717, 1.165) is 0 Å². The largest absolute Gasteiger partial charge is 0.465 e. The second kappa shape index (κ2) is 4.87. The molecule has 88 valence electrons. The van der Waals surface area contributed by atoms with Crippen LogP contribution in [0.25, 0.3) is 0 Å². The van der Waals surface area contributed by atoms with Crippen molar-refractivity contribution in [3.8, 4) is 0 Å². The Morgan fingerprint density at radius 2 is 1.88 bits per heavy atom.